The fourth-order valence-electron chi connectivity index (χ4n) is 3.94. The number of para-hydroxylation sites is 1. The Morgan fingerprint density at radius 3 is 2.56 bits per heavy atom. The molecule has 1 aliphatic carbocycles. The summed E-state index contributed by atoms with van der Waals surface area (Å²) in [7, 11) is 1.78. The maximum atomic E-state index is 12.9. The van der Waals surface area contributed by atoms with Crippen molar-refractivity contribution in [1.29, 1.82) is 0 Å². The molecule has 1 N–H and O–H groups in total. The van der Waals surface area contributed by atoms with Gasteiger partial charge < -0.3 is 19.2 Å². The third-order valence-corrected chi connectivity index (χ3v) is 5.88. The fourth-order valence-corrected chi connectivity index (χ4v) is 3.94. The van der Waals surface area contributed by atoms with E-state index in [1.165, 1.54) is 0 Å². The number of nitrogens with zero attached hydrogens (tertiary/aromatic N) is 1. The number of benzene rings is 2. The topological polar surface area (TPSA) is 80.0 Å². The Hall–Kier alpha value is -3.54. The van der Waals surface area contributed by atoms with Crippen LogP contribution in [-0.4, -0.2) is 35.5 Å². The van der Waals surface area contributed by atoms with Crippen LogP contribution >= 0.6 is 0 Å². The molecule has 0 bridgehead atoms. The summed E-state index contributed by atoms with van der Waals surface area (Å²) in [6.07, 6.45) is 4.09. The van der Waals surface area contributed by atoms with Gasteiger partial charge in [0.05, 0.1) is 18.8 Å². The van der Waals surface area contributed by atoms with E-state index in [0.29, 0.717) is 18.7 Å². The zero-order valence-electron chi connectivity index (χ0n) is 18.1. The molecular weight excluding hydrogens is 406 g/mol. The van der Waals surface area contributed by atoms with Gasteiger partial charge in [-0.25, -0.2) is 0 Å². The van der Waals surface area contributed by atoms with Gasteiger partial charge in [-0.05, 0) is 55.5 Å². The molecule has 6 nitrogen and oxygen atoms in total. The molecule has 0 unspecified atom stereocenters. The van der Waals surface area contributed by atoms with Gasteiger partial charge in [0.15, 0.2) is 0 Å². The number of carbonyl (C=O) groups is 2. The lowest BCUT2D eigenvalue weighted by molar-refractivity contribution is -0.138. The molecular formula is C26H27NO5. The molecule has 1 heterocycles. The molecule has 3 aromatic rings. The lowest BCUT2D eigenvalue weighted by Crippen LogP contribution is -2.26. The minimum atomic E-state index is -0.690. The summed E-state index contributed by atoms with van der Waals surface area (Å²) >= 11 is 0. The second-order valence-electron chi connectivity index (χ2n) is 8.25. The van der Waals surface area contributed by atoms with Gasteiger partial charge in [0.2, 0.25) is 0 Å². The molecule has 2 atom stereocenters. The van der Waals surface area contributed by atoms with Crippen molar-refractivity contribution in [3.05, 3.63) is 78.1 Å². The van der Waals surface area contributed by atoms with E-state index in [1.807, 2.05) is 48.5 Å². The molecule has 0 spiro atoms. The molecule has 1 saturated carbocycles. The number of ether oxygens (including phenoxy) is 1. The van der Waals surface area contributed by atoms with E-state index in [-0.39, 0.29) is 17.7 Å². The third-order valence-electron chi connectivity index (χ3n) is 5.88. The number of amides is 1. The van der Waals surface area contributed by atoms with Crippen LogP contribution < -0.4 is 4.74 Å². The number of hydrogen-bond donors (Lipinski definition) is 1. The van der Waals surface area contributed by atoms with Crippen LogP contribution in [0.2, 0.25) is 0 Å². The number of carboxylic acids is 1. The molecule has 6 heteroatoms. The summed E-state index contributed by atoms with van der Waals surface area (Å²) in [5, 5.41) is 8.99. The summed E-state index contributed by atoms with van der Waals surface area (Å²) in [6.45, 7) is 0.963. The van der Waals surface area contributed by atoms with E-state index >= 15 is 0 Å². The second kappa shape index (κ2) is 9.73. The van der Waals surface area contributed by atoms with Crippen molar-refractivity contribution >= 4 is 11.9 Å². The predicted molar refractivity (Wildman–Crippen MR) is 120 cm³/mol. The summed E-state index contributed by atoms with van der Waals surface area (Å²) < 4.78 is 11.4. The Morgan fingerprint density at radius 1 is 1.09 bits per heavy atom. The number of carbonyl (C=O) groups excluding carboxylic acids is 1. The van der Waals surface area contributed by atoms with Crippen molar-refractivity contribution in [2.24, 2.45) is 11.8 Å². The first kappa shape index (κ1) is 21.7. The number of carboxylic acid groups (broad SMARTS) is 1. The summed E-state index contributed by atoms with van der Waals surface area (Å²) in [6, 6.07) is 18.8. The summed E-state index contributed by atoms with van der Waals surface area (Å²) in [4.78, 5) is 25.5. The average molecular weight is 434 g/mol. The third kappa shape index (κ3) is 5.19. The minimum Gasteiger partial charge on any atom is -0.493 e. The van der Waals surface area contributed by atoms with Crippen molar-refractivity contribution in [2.45, 2.75) is 25.8 Å². The lowest BCUT2D eigenvalue weighted by atomic mass is 10.1. The minimum absolute atomic E-state index is 0.0701. The lowest BCUT2D eigenvalue weighted by Gasteiger charge is -2.19. The normalized spacial score (nSPS) is 17.0. The number of rotatable bonds is 10. The molecule has 32 heavy (non-hydrogen) atoms. The van der Waals surface area contributed by atoms with Gasteiger partial charge in [0, 0.05) is 30.3 Å². The molecule has 2 aromatic carbocycles. The highest BCUT2D eigenvalue weighted by atomic mass is 16.5. The first-order chi connectivity index (χ1) is 15.5. The molecule has 4 rings (SSSR count). The van der Waals surface area contributed by atoms with Crippen molar-refractivity contribution in [1.82, 2.24) is 4.90 Å². The van der Waals surface area contributed by atoms with E-state index < -0.39 is 5.97 Å². The van der Waals surface area contributed by atoms with Crippen molar-refractivity contribution in [3.63, 3.8) is 0 Å². The number of hydrogen-bond acceptors (Lipinski definition) is 4. The Bertz CT molecular complexity index is 1060. The van der Waals surface area contributed by atoms with Crippen LogP contribution in [0.1, 0.15) is 35.2 Å². The van der Waals surface area contributed by atoms with Gasteiger partial charge in [-0.1, -0.05) is 30.3 Å². The first-order valence-corrected chi connectivity index (χ1v) is 10.9. The van der Waals surface area contributed by atoms with Crippen molar-refractivity contribution in [3.8, 4) is 17.1 Å². The van der Waals surface area contributed by atoms with Gasteiger partial charge in [0.25, 0.3) is 5.91 Å². The van der Waals surface area contributed by atoms with E-state index in [1.54, 1.807) is 30.3 Å². The predicted octanol–water partition coefficient (Wildman–Crippen LogP) is 5.10. The Labute approximate surface area is 187 Å². The Balaban J connectivity index is 1.31. The van der Waals surface area contributed by atoms with Crippen molar-refractivity contribution in [2.75, 3.05) is 13.7 Å². The van der Waals surface area contributed by atoms with E-state index in [0.717, 1.165) is 41.9 Å². The van der Waals surface area contributed by atoms with Crippen LogP contribution in [0.3, 0.4) is 0 Å². The smallest absolute Gasteiger partial charge is 0.306 e. The maximum absolute atomic E-state index is 12.9. The molecule has 1 fully saturated rings. The number of aliphatic carboxylic acids is 1. The highest BCUT2D eigenvalue weighted by molar-refractivity contribution is 5.94. The van der Waals surface area contributed by atoms with Gasteiger partial charge in [-0.3, -0.25) is 9.59 Å². The van der Waals surface area contributed by atoms with Crippen LogP contribution in [0.25, 0.3) is 11.3 Å². The molecule has 0 aliphatic heterocycles. The largest absolute Gasteiger partial charge is 0.493 e. The quantitative estimate of drug-likeness (QED) is 0.450. The van der Waals surface area contributed by atoms with Crippen LogP contribution in [0.15, 0.2) is 71.3 Å². The zero-order chi connectivity index (χ0) is 22.5. The summed E-state index contributed by atoms with van der Waals surface area (Å²) in [5.41, 5.74) is 2.47. The molecule has 1 aliphatic rings. The molecule has 1 amide bonds. The highest BCUT2D eigenvalue weighted by Crippen LogP contribution is 2.42. The van der Waals surface area contributed by atoms with Gasteiger partial charge in [-0.2, -0.15) is 0 Å². The monoisotopic (exact) mass is 433 g/mol. The van der Waals surface area contributed by atoms with Gasteiger partial charge in [-0.15, -0.1) is 0 Å². The van der Waals surface area contributed by atoms with Crippen LogP contribution in [-0.2, 0) is 11.3 Å². The molecule has 1 aromatic heterocycles. The van der Waals surface area contributed by atoms with Gasteiger partial charge in [0.1, 0.15) is 11.5 Å². The van der Waals surface area contributed by atoms with E-state index in [9.17, 15) is 9.59 Å². The fraction of sp³-hybridized carbons (Fsp3) is 0.308. The average Bonchev–Trinajstić information content (AvgIpc) is 3.38. The van der Waals surface area contributed by atoms with Crippen LogP contribution in [0.4, 0.5) is 0 Å². The van der Waals surface area contributed by atoms with Gasteiger partial charge >= 0.3 is 5.97 Å². The Kier molecular flexibility index (Phi) is 6.59. The van der Waals surface area contributed by atoms with E-state index in [4.69, 9.17) is 14.3 Å². The van der Waals surface area contributed by atoms with Crippen LogP contribution in [0.5, 0.6) is 5.75 Å². The highest BCUT2D eigenvalue weighted by Gasteiger charge is 2.42. The molecule has 0 radical (unpaired) electrons. The second-order valence-corrected chi connectivity index (χ2v) is 8.25. The maximum Gasteiger partial charge on any atom is 0.306 e. The van der Waals surface area contributed by atoms with Crippen LogP contribution in [0, 0.1) is 11.8 Å². The Morgan fingerprint density at radius 2 is 1.88 bits per heavy atom. The van der Waals surface area contributed by atoms with Crippen molar-refractivity contribution < 1.29 is 23.8 Å². The summed E-state index contributed by atoms with van der Waals surface area (Å²) in [5.74, 6) is 0.877. The standard InChI is InChI=1S/C26H27NO5/c1-27(25(28)19-12-10-18(11-13-19)23-9-5-15-31-23)17-21-6-2-3-8-24(21)32-14-4-7-20-16-22(20)26(29)30/h2-3,5-6,8-13,15,20,22H,4,7,14,16-17H2,1H3,(H,29,30)/t20-,22+/m1/s1. The van der Waals surface area contributed by atoms with E-state index in [2.05, 4.69) is 0 Å². The first-order valence-electron chi connectivity index (χ1n) is 10.9. The SMILES string of the molecule is CN(Cc1ccccc1OCCC[C@@H]1C[C@@H]1C(=O)O)C(=O)c1ccc(-c2ccco2)cc1. The number of furan rings is 1. The molecule has 0 saturated heterocycles. The zero-order valence-corrected chi connectivity index (χ0v) is 18.1. The molecule has 166 valence electrons.